The van der Waals surface area contributed by atoms with Crippen molar-refractivity contribution in [1.82, 2.24) is 20.1 Å². The van der Waals surface area contributed by atoms with Crippen molar-refractivity contribution < 1.29 is 5.11 Å². The molecule has 0 aliphatic carbocycles. The largest absolute Gasteiger partial charge is 0.387 e. The van der Waals surface area contributed by atoms with Gasteiger partial charge in [-0.3, -0.25) is 0 Å². The molecule has 2 heterocycles. The van der Waals surface area contributed by atoms with E-state index >= 15 is 0 Å². The van der Waals surface area contributed by atoms with E-state index in [4.69, 9.17) is 0 Å². The number of aliphatic hydroxyl groups is 1. The van der Waals surface area contributed by atoms with Crippen LogP contribution in [0.5, 0.6) is 0 Å². The highest BCUT2D eigenvalue weighted by molar-refractivity contribution is 4.92. The lowest BCUT2D eigenvalue weighted by atomic mass is 9.90. The van der Waals surface area contributed by atoms with E-state index in [-0.39, 0.29) is 6.04 Å². The molecule has 0 amide bonds. The Hall–Kier alpha value is -0.940. The summed E-state index contributed by atoms with van der Waals surface area (Å²) in [6.45, 7) is 3.35. The first-order chi connectivity index (χ1) is 6.20. The molecule has 5 nitrogen and oxygen atoms in total. The van der Waals surface area contributed by atoms with E-state index in [2.05, 4.69) is 15.4 Å². The molecule has 1 saturated heterocycles. The Morgan fingerprint density at radius 3 is 3.15 bits per heavy atom. The fraction of sp³-hybridized carbons (Fsp3) is 0.750. The van der Waals surface area contributed by atoms with Crippen LogP contribution in [0.2, 0.25) is 0 Å². The molecular formula is C8H14N4O. The van der Waals surface area contributed by atoms with Gasteiger partial charge in [0.1, 0.15) is 12.7 Å². The molecular weight excluding hydrogens is 168 g/mol. The molecule has 5 heteroatoms. The monoisotopic (exact) mass is 182 g/mol. The molecule has 0 radical (unpaired) electrons. The van der Waals surface area contributed by atoms with Crippen molar-refractivity contribution in [2.45, 2.75) is 25.0 Å². The lowest BCUT2D eigenvalue weighted by Gasteiger charge is -2.37. The second-order valence-electron chi connectivity index (χ2n) is 3.71. The third-order valence-corrected chi connectivity index (χ3v) is 2.55. The molecule has 1 aromatic heterocycles. The van der Waals surface area contributed by atoms with E-state index in [1.807, 2.05) is 6.92 Å². The zero-order valence-corrected chi connectivity index (χ0v) is 7.64. The topological polar surface area (TPSA) is 63.0 Å². The average Bonchev–Trinajstić information content (AvgIpc) is 2.55. The van der Waals surface area contributed by atoms with E-state index in [1.54, 1.807) is 11.0 Å². The third-order valence-electron chi connectivity index (χ3n) is 2.55. The van der Waals surface area contributed by atoms with E-state index < -0.39 is 5.60 Å². The lowest BCUT2D eigenvalue weighted by Crippen LogP contribution is -2.50. The first kappa shape index (κ1) is 8.65. The molecule has 0 saturated carbocycles. The summed E-state index contributed by atoms with van der Waals surface area (Å²) >= 11 is 0. The summed E-state index contributed by atoms with van der Waals surface area (Å²) in [7, 11) is 0. The Labute approximate surface area is 76.8 Å². The fourth-order valence-corrected chi connectivity index (χ4v) is 1.80. The zero-order chi connectivity index (χ0) is 9.31. The number of aromatic nitrogens is 3. The number of hydrogen-bond donors (Lipinski definition) is 2. The third kappa shape index (κ3) is 1.57. The van der Waals surface area contributed by atoms with Crippen molar-refractivity contribution in [1.29, 1.82) is 0 Å². The lowest BCUT2D eigenvalue weighted by molar-refractivity contribution is -0.0174. The number of hydrogen-bond acceptors (Lipinski definition) is 4. The van der Waals surface area contributed by atoms with Gasteiger partial charge in [0, 0.05) is 6.54 Å². The van der Waals surface area contributed by atoms with Crippen molar-refractivity contribution >= 4 is 0 Å². The summed E-state index contributed by atoms with van der Waals surface area (Å²) in [5.41, 5.74) is -0.730. The first-order valence-corrected chi connectivity index (χ1v) is 4.47. The molecule has 72 valence electrons. The maximum absolute atomic E-state index is 10.1. The predicted molar refractivity (Wildman–Crippen MR) is 47.2 cm³/mol. The number of rotatable bonds is 1. The van der Waals surface area contributed by atoms with Crippen molar-refractivity contribution in [2.24, 2.45) is 0 Å². The van der Waals surface area contributed by atoms with Crippen LogP contribution in [0.3, 0.4) is 0 Å². The number of nitrogens with zero attached hydrogens (tertiary/aromatic N) is 3. The van der Waals surface area contributed by atoms with Crippen molar-refractivity contribution in [3.63, 3.8) is 0 Å². The Balaban J connectivity index is 2.21. The highest BCUT2D eigenvalue weighted by atomic mass is 16.3. The van der Waals surface area contributed by atoms with Gasteiger partial charge in [-0.15, -0.1) is 0 Å². The van der Waals surface area contributed by atoms with E-state index in [1.165, 1.54) is 6.33 Å². The van der Waals surface area contributed by atoms with Gasteiger partial charge in [-0.25, -0.2) is 9.67 Å². The molecule has 0 spiro atoms. The van der Waals surface area contributed by atoms with Gasteiger partial charge in [-0.1, -0.05) is 0 Å². The van der Waals surface area contributed by atoms with Crippen LogP contribution < -0.4 is 5.32 Å². The highest BCUT2D eigenvalue weighted by Gasteiger charge is 2.36. The molecule has 2 atom stereocenters. The average molecular weight is 182 g/mol. The molecule has 0 aromatic carbocycles. The van der Waals surface area contributed by atoms with Crippen LogP contribution >= 0.6 is 0 Å². The SMILES string of the molecule is CC1(O)CNCCC1n1cncn1. The van der Waals surface area contributed by atoms with Gasteiger partial charge in [0.2, 0.25) is 0 Å². The molecule has 2 N–H and O–H groups in total. The van der Waals surface area contributed by atoms with E-state index in [0.717, 1.165) is 13.0 Å². The van der Waals surface area contributed by atoms with Gasteiger partial charge < -0.3 is 10.4 Å². The molecule has 1 aliphatic rings. The van der Waals surface area contributed by atoms with Gasteiger partial charge >= 0.3 is 0 Å². The van der Waals surface area contributed by atoms with E-state index in [9.17, 15) is 5.11 Å². The summed E-state index contributed by atoms with van der Waals surface area (Å²) in [5, 5.41) is 17.3. The molecule has 2 unspecified atom stereocenters. The summed E-state index contributed by atoms with van der Waals surface area (Å²) in [5.74, 6) is 0. The second-order valence-corrected chi connectivity index (χ2v) is 3.71. The van der Waals surface area contributed by atoms with Crippen LogP contribution in [0.15, 0.2) is 12.7 Å². The maximum Gasteiger partial charge on any atom is 0.137 e. The molecule has 1 aliphatic heterocycles. The highest BCUT2D eigenvalue weighted by Crippen LogP contribution is 2.26. The van der Waals surface area contributed by atoms with Crippen LogP contribution in [0, 0.1) is 0 Å². The number of β-amino-alcohol motifs (C(OH)–C–C–N with tert-alkyl or cyclic N) is 1. The predicted octanol–water partition coefficient (Wildman–Crippen LogP) is -0.437. The summed E-state index contributed by atoms with van der Waals surface area (Å²) in [6, 6.07) is 0.0382. The van der Waals surface area contributed by atoms with Crippen LogP contribution in [-0.4, -0.2) is 38.6 Å². The minimum Gasteiger partial charge on any atom is -0.387 e. The fourth-order valence-electron chi connectivity index (χ4n) is 1.80. The molecule has 13 heavy (non-hydrogen) atoms. The van der Waals surface area contributed by atoms with Gasteiger partial charge in [0.15, 0.2) is 0 Å². The van der Waals surface area contributed by atoms with Crippen LogP contribution in [0.1, 0.15) is 19.4 Å². The Kier molecular flexibility index (Phi) is 2.05. The molecule has 1 fully saturated rings. The number of piperidine rings is 1. The molecule has 2 rings (SSSR count). The minimum absolute atomic E-state index is 0.0382. The van der Waals surface area contributed by atoms with Crippen LogP contribution in [0.4, 0.5) is 0 Å². The van der Waals surface area contributed by atoms with E-state index in [0.29, 0.717) is 6.54 Å². The second kappa shape index (κ2) is 3.08. The maximum atomic E-state index is 10.1. The summed E-state index contributed by atoms with van der Waals surface area (Å²) in [4.78, 5) is 3.88. The van der Waals surface area contributed by atoms with Crippen molar-refractivity contribution in [3.05, 3.63) is 12.7 Å². The smallest absolute Gasteiger partial charge is 0.137 e. The summed E-state index contributed by atoms with van der Waals surface area (Å²) in [6.07, 6.45) is 4.04. The number of nitrogens with one attached hydrogen (secondary N) is 1. The van der Waals surface area contributed by atoms with Crippen molar-refractivity contribution in [3.8, 4) is 0 Å². The van der Waals surface area contributed by atoms with Gasteiger partial charge in [-0.2, -0.15) is 5.10 Å². The van der Waals surface area contributed by atoms with Crippen LogP contribution in [-0.2, 0) is 0 Å². The quantitative estimate of drug-likeness (QED) is 0.618. The van der Waals surface area contributed by atoms with Crippen molar-refractivity contribution in [2.75, 3.05) is 13.1 Å². The van der Waals surface area contributed by atoms with Gasteiger partial charge in [-0.05, 0) is 19.9 Å². The first-order valence-electron chi connectivity index (χ1n) is 4.47. The molecule has 0 bridgehead atoms. The van der Waals surface area contributed by atoms with Crippen LogP contribution in [0.25, 0.3) is 0 Å². The zero-order valence-electron chi connectivity index (χ0n) is 7.64. The Bertz CT molecular complexity index is 270. The normalized spacial score (nSPS) is 34.8. The minimum atomic E-state index is -0.730. The summed E-state index contributed by atoms with van der Waals surface area (Å²) < 4.78 is 1.74. The Morgan fingerprint density at radius 1 is 1.69 bits per heavy atom. The Morgan fingerprint density at radius 2 is 2.54 bits per heavy atom. The molecule has 1 aromatic rings. The van der Waals surface area contributed by atoms with Gasteiger partial charge in [0.05, 0.1) is 11.6 Å². The standard InChI is InChI=1S/C8H14N4O/c1-8(13)4-9-3-2-7(8)12-6-10-5-11-12/h5-7,9,13H,2-4H2,1H3. The van der Waals surface area contributed by atoms with Gasteiger partial charge in [0.25, 0.3) is 0 Å².